The highest BCUT2D eigenvalue weighted by Crippen LogP contribution is 2.29. The largest absolute Gasteiger partial charge is 0.389 e. The van der Waals surface area contributed by atoms with Gasteiger partial charge in [-0.1, -0.05) is 18.2 Å². The molecule has 5 heteroatoms. The Hall–Kier alpha value is -1.30. The number of carbonyl (C=O) groups excluding carboxylic acids is 1. The van der Waals surface area contributed by atoms with Crippen LogP contribution >= 0.6 is 23.1 Å². The second-order valence-corrected chi connectivity index (χ2v) is 8.05. The number of benzene rings is 1. The molecule has 124 valence electrons. The van der Waals surface area contributed by atoms with E-state index in [9.17, 15) is 9.90 Å². The standard InChI is InChI=1S/C18H23NO2S2/c1-4-19(13-18(2,3)21)17(20)15-9-5-6-10-16(15)23-12-14-8-7-11-22-14/h5-11,21H,4,12-13H2,1-3H3. The molecule has 0 aliphatic carbocycles. The molecule has 0 radical (unpaired) electrons. The van der Waals surface area contributed by atoms with Crippen LogP contribution in [0.2, 0.25) is 0 Å². The maximum Gasteiger partial charge on any atom is 0.255 e. The summed E-state index contributed by atoms with van der Waals surface area (Å²) in [6.07, 6.45) is 0. The smallest absolute Gasteiger partial charge is 0.255 e. The summed E-state index contributed by atoms with van der Waals surface area (Å²) in [5, 5.41) is 12.1. The van der Waals surface area contributed by atoms with E-state index in [1.165, 1.54) is 4.88 Å². The number of hydrogen-bond acceptors (Lipinski definition) is 4. The Labute approximate surface area is 146 Å². The summed E-state index contributed by atoms with van der Waals surface area (Å²) >= 11 is 3.41. The fourth-order valence-electron chi connectivity index (χ4n) is 2.28. The summed E-state index contributed by atoms with van der Waals surface area (Å²) in [6.45, 7) is 6.28. The minimum atomic E-state index is -0.898. The number of thioether (sulfide) groups is 1. The van der Waals surface area contributed by atoms with Crippen LogP contribution in [0.25, 0.3) is 0 Å². The molecular weight excluding hydrogens is 326 g/mol. The SMILES string of the molecule is CCN(CC(C)(C)O)C(=O)c1ccccc1SCc1cccs1. The van der Waals surface area contributed by atoms with Crippen molar-refractivity contribution in [2.45, 2.75) is 37.0 Å². The first-order chi connectivity index (χ1) is 10.9. The van der Waals surface area contributed by atoms with Gasteiger partial charge in [-0.3, -0.25) is 4.79 Å². The van der Waals surface area contributed by atoms with Crippen molar-refractivity contribution in [3.63, 3.8) is 0 Å². The highest BCUT2D eigenvalue weighted by atomic mass is 32.2. The minimum absolute atomic E-state index is 0.0242. The lowest BCUT2D eigenvalue weighted by Crippen LogP contribution is -2.42. The van der Waals surface area contributed by atoms with Gasteiger partial charge in [0.05, 0.1) is 11.2 Å². The van der Waals surface area contributed by atoms with Crippen molar-refractivity contribution in [1.82, 2.24) is 4.90 Å². The Morgan fingerprint density at radius 1 is 1.26 bits per heavy atom. The number of nitrogens with zero attached hydrogens (tertiary/aromatic N) is 1. The maximum atomic E-state index is 12.8. The van der Waals surface area contributed by atoms with Crippen LogP contribution in [0.1, 0.15) is 36.0 Å². The first-order valence-corrected chi connectivity index (χ1v) is 9.53. The lowest BCUT2D eigenvalue weighted by Gasteiger charge is -2.28. The van der Waals surface area contributed by atoms with Crippen LogP contribution < -0.4 is 0 Å². The van der Waals surface area contributed by atoms with E-state index in [-0.39, 0.29) is 5.91 Å². The van der Waals surface area contributed by atoms with Crippen LogP contribution in [-0.2, 0) is 5.75 Å². The van der Waals surface area contributed by atoms with Gasteiger partial charge in [0.25, 0.3) is 5.91 Å². The molecular formula is C18H23NO2S2. The van der Waals surface area contributed by atoms with Crippen molar-refractivity contribution < 1.29 is 9.90 Å². The third-order valence-corrected chi connectivity index (χ3v) is 5.50. The highest BCUT2D eigenvalue weighted by molar-refractivity contribution is 7.98. The Morgan fingerprint density at radius 2 is 2.00 bits per heavy atom. The van der Waals surface area contributed by atoms with Crippen molar-refractivity contribution in [1.29, 1.82) is 0 Å². The van der Waals surface area contributed by atoms with Crippen LogP contribution in [0.3, 0.4) is 0 Å². The summed E-state index contributed by atoms with van der Waals surface area (Å²) in [6, 6.07) is 11.9. The van der Waals surface area contributed by atoms with Gasteiger partial charge in [0.2, 0.25) is 0 Å². The monoisotopic (exact) mass is 349 g/mol. The molecule has 0 fully saturated rings. The van der Waals surface area contributed by atoms with Gasteiger partial charge in [-0.2, -0.15) is 0 Å². The number of aliphatic hydroxyl groups is 1. The molecule has 0 atom stereocenters. The molecule has 2 rings (SSSR count). The number of amides is 1. The van der Waals surface area contributed by atoms with E-state index in [2.05, 4.69) is 11.4 Å². The molecule has 1 heterocycles. The van der Waals surface area contributed by atoms with Gasteiger partial charge in [0.15, 0.2) is 0 Å². The molecule has 3 nitrogen and oxygen atoms in total. The number of hydrogen-bond donors (Lipinski definition) is 1. The third-order valence-electron chi connectivity index (χ3n) is 3.31. The van der Waals surface area contributed by atoms with E-state index in [1.54, 1.807) is 41.8 Å². The average molecular weight is 350 g/mol. The van der Waals surface area contributed by atoms with Gasteiger partial charge in [-0.25, -0.2) is 0 Å². The number of rotatable bonds is 7. The van der Waals surface area contributed by atoms with Crippen LogP contribution in [0.5, 0.6) is 0 Å². The minimum Gasteiger partial charge on any atom is -0.389 e. The quantitative estimate of drug-likeness (QED) is 0.759. The van der Waals surface area contributed by atoms with Crippen molar-refractivity contribution >= 4 is 29.0 Å². The van der Waals surface area contributed by atoms with Crippen molar-refractivity contribution in [3.8, 4) is 0 Å². The molecule has 0 bridgehead atoms. The van der Waals surface area contributed by atoms with E-state index in [1.807, 2.05) is 37.3 Å². The maximum absolute atomic E-state index is 12.8. The fraction of sp³-hybridized carbons (Fsp3) is 0.389. The third kappa shape index (κ3) is 5.37. The lowest BCUT2D eigenvalue weighted by molar-refractivity contribution is 0.0313. The molecule has 1 aromatic heterocycles. The Kier molecular flexibility index (Phi) is 6.27. The molecule has 1 N–H and O–H groups in total. The van der Waals surface area contributed by atoms with Gasteiger partial charge >= 0.3 is 0 Å². The fourth-order valence-corrected chi connectivity index (χ4v) is 4.10. The zero-order chi connectivity index (χ0) is 16.9. The van der Waals surface area contributed by atoms with Crippen molar-refractivity contribution in [2.24, 2.45) is 0 Å². The molecule has 2 aromatic rings. The van der Waals surface area contributed by atoms with E-state index in [0.717, 1.165) is 10.6 Å². The molecule has 0 unspecified atom stereocenters. The van der Waals surface area contributed by atoms with E-state index in [4.69, 9.17) is 0 Å². The molecule has 0 aliphatic heterocycles. The molecule has 1 aromatic carbocycles. The summed E-state index contributed by atoms with van der Waals surface area (Å²) in [5.41, 5.74) is -0.190. The highest BCUT2D eigenvalue weighted by Gasteiger charge is 2.23. The molecule has 1 amide bonds. The van der Waals surface area contributed by atoms with E-state index < -0.39 is 5.60 Å². The zero-order valence-corrected chi connectivity index (χ0v) is 15.4. The Morgan fingerprint density at radius 3 is 2.61 bits per heavy atom. The first kappa shape index (κ1) is 18.0. The predicted octanol–water partition coefficient (Wildman–Crippen LogP) is 4.27. The van der Waals surface area contributed by atoms with Crippen molar-refractivity contribution in [3.05, 3.63) is 52.2 Å². The zero-order valence-electron chi connectivity index (χ0n) is 13.8. The van der Waals surface area contributed by atoms with Crippen molar-refractivity contribution in [2.75, 3.05) is 13.1 Å². The van der Waals surface area contributed by atoms with E-state index in [0.29, 0.717) is 18.7 Å². The Bertz CT molecular complexity index is 633. The summed E-state index contributed by atoms with van der Waals surface area (Å²) in [5.74, 6) is 0.837. The number of likely N-dealkylation sites (N-methyl/N-ethyl adjacent to an activating group) is 1. The molecule has 0 aliphatic rings. The van der Waals surface area contributed by atoms with Gasteiger partial charge in [0, 0.05) is 28.6 Å². The van der Waals surface area contributed by atoms with Gasteiger partial charge in [-0.15, -0.1) is 23.1 Å². The van der Waals surface area contributed by atoms with Gasteiger partial charge < -0.3 is 10.0 Å². The topological polar surface area (TPSA) is 40.5 Å². The number of thiophene rings is 1. The second-order valence-electron chi connectivity index (χ2n) is 6.00. The molecule has 23 heavy (non-hydrogen) atoms. The van der Waals surface area contributed by atoms with Crippen LogP contribution in [0.15, 0.2) is 46.7 Å². The van der Waals surface area contributed by atoms with E-state index >= 15 is 0 Å². The van der Waals surface area contributed by atoms with Gasteiger partial charge in [0.1, 0.15) is 0 Å². The van der Waals surface area contributed by atoms with Crippen LogP contribution in [-0.4, -0.2) is 34.6 Å². The second kappa shape index (κ2) is 7.99. The Balaban J connectivity index is 2.16. The van der Waals surface area contributed by atoms with Gasteiger partial charge in [-0.05, 0) is 44.4 Å². The number of carbonyl (C=O) groups is 1. The normalized spacial score (nSPS) is 11.5. The molecule has 0 saturated carbocycles. The summed E-state index contributed by atoms with van der Waals surface area (Å²) in [4.78, 5) is 16.8. The molecule has 0 spiro atoms. The van der Waals surface area contributed by atoms with Crippen LogP contribution in [0, 0.1) is 0 Å². The average Bonchev–Trinajstić information content (AvgIpc) is 3.03. The predicted molar refractivity (Wildman–Crippen MR) is 98.2 cm³/mol. The lowest BCUT2D eigenvalue weighted by atomic mass is 10.1. The summed E-state index contributed by atoms with van der Waals surface area (Å²) in [7, 11) is 0. The molecule has 0 saturated heterocycles. The summed E-state index contributed by atoms with van der Waals surface area (Å²) < 4.78 is 0. The first-order valence-electron chi connectivity index (χ1n) is 7.66. The van der Waals surface area contributed by atoms with Crippen LogP contribution in [0.4, 0.5) is 0 Å².